The fourth-order valence-corrected chi connectivity index (χ4v) is 7.71. The molecule has 0 bridgehead atoms. The number of hydrogen-bond donors (Lipinski definition) is 1. The molecule has 0 aliphatic heterocycles. The summed E-state index contributed by atoms with van der Waals surface area (Å²) in [5.74, 6) is 0. The Hall–Kier alpha value is -2.02. The quantitative estimate of drug-likeness (QED) is 0.248. The van der Waals surface area contributed by atoms with E-state index in [0.717, 1.165) is 19.5 Å². The van der Waals surface area contributed by atoms with Crippen LogP contribution in [0, 0.1) is 0 Å². The highest BCUT2D eigenvalue weighted by Gasteiger charge is 2.32. The molecule has 0 saturated carbocycles. The Labute approximate surface area is 216 Å². The zero-order valence-electron chi connectivity index (χ0n) is 18.5. The van der Waals surface area contributed by atoms with Crippen molar-refractivity contribution in [2.75, 3.05) is 0 Å². The maximum atomic E-state index is 13.6. The molecule has 0 saturated heterocycles. The third kappa shape index (κ3) is 6.55. The van der Waals surface area contributed by atoms with Crippen LogP contribution >= 0.6 is 45.3 Å². The normalized spacial score (nSPS) is 12.6. The van der Waals surface area contributed by atoms with Gasteiger partial charge >= 0.3 is 6.03 Å². The molecule has 0 aromatic carbocycles. The molecule has 6 nitrogen and oxygen atoms in total. The molecule has 4 aromatic rings. The number of hydrogen-bond acceptors (Lipinski definition) is 7. The molecule has 2 amide bonds. The van der Waals surface area contributed by atoms with Crippen LogP contribution in [0.4, 0.5) is 4.79 Å². The molecule has 0 aliphatic rings. The van der Waals surface area contributed by atoms with Gasteiger partial charge in [0.1, 0.15) is 5.37 Å². The van der Waals surface area contributed by atoms with Gasteiger partial charge in [0, 0.05) is 32.6 Å². The second kappa shape index (κ2) is 11.6. The fourth-order valence-electron chi connectivity index (χ4n) is 3.33. The standard InChI is InChI=1S/C23H25N3O3S5/c1-18(24-23(27)25(14-19-6-2-10-30-19)15-20-7-3-11-31-20)34(28,29)26(16-21-8-4-12-32-21)17-22-9-5-13-33-22/h2-13,18H,14-17H2,1H3,(H,24,27). The molecular formula is C23H25N3O3S5. The van der Waals surface area contributed by atoms with Crippen LogP contribution in [0.3, 0.4) is 0 Å². The number of amides is 2. The Morgan fingerprint density at radius 1 is 0.765 bits per heavy atom. The van der Waals surface area contributed by atoms with E-state index in [4.69, 9.17) is 0 Å². The number of nitrogens with zero attached hydrogens (tertiary/aromatic N) is 2. The summed E-state index contributed by atoms with van der Waals surface area (Å²) in [6.07, 6.45) is 0. The lowest BCUT2D eigenvalue weighted by molar-refractivity contribution is 0.192. The number of nitrogens with one attached hydrogen (secondary N) is 1. The number of urea groups is 1. The van der Waals surface area contributed by atoms with Crippen molar-refractivity contribution in [2.24, 2.45) is 0 Å². The highest BCUT2D eigenvalue weighted by atomic mass is 32.2. The van der Waals surface area contributed by atoms with Gasteiger partial charge in [-0.3, -0.25) is 0 Å². The van der Waals surface area contributed by atoms with Gasteiger partial charge < -0.3 is 10.2 Å². The lowest BCUT2D eigenvalue weighted by Crippen LogP contribution is -2.49. The van der Waals surface area contributed by atoms with Gasteiger partial charge in [-0.15, -0.1) is 45.3 Å². The van der Waals surface area contributed by atoms with Crippen LogP contribution in [0.15, 0.2) is 70.1 Å². The van der Waals surface area contributed by atoms with Gasteiger partial charge in [-0.05, 0) is 52.7 Å². The predicted octanol–water partition coefficient (Wildman–Crippen LogP) is 6.02. The summed E-state index contributed by atoms with van der Waals surface area (Å²) >= 11 is 6.18. The molecule has 0 fully saturated rings. The maximum absolute atomic E-state index is 13.6. The third-order valence-corrected chi connectivity index (χ3v) is 10.5. The molecule has 11 heteroatoms. The Morgan fingerprint density at radius 3 is 1.50 bits per heavy atom. The summed E-state index contributed by atoms with van der Waals surface area (Å²) in [4.78, 5) is 18.9. The summed E-state index contributed by atoms with van der Waals surface area (Å²) in [5, 5.41) is 9.49. The smallest absolute Gasteiger partial charge is 0.319 e. The molecule has 4 rings (SSSR count). The first-order chi connectivity index (χ1) is 16.4. The molecule has 1 N–H and O–H groups in total. The van der Waals surface area contributed by atoms with E-state index in [1.807, 2.05) is 70.1 Å². The molecule has 0 aliphatic carbocycles. The van der Waals surface area contributed by atoms with Crippen LogP contribution in [0.25, 0.3) is 0 Å². The second-order valence-electron chi connectivity index (χ2n) is 7.58. The van der Waals surface area contributed by atoms with Gasteiger partial charge in [-0.2, -0.15) is 4.31 Å². The predicted molar refractivity (Wildman–Crippen MR) is 143 cm³/mol. The highest BCUT2D eigenvalue weighted by Crippen LogP contribution is 2.22. The molecule has 0 spiro atoms. The molecule has 4 heterocycles. The van der Waals surface area contributed by atoms with Crippen LogP contribution in [-0.4, -0.2) is 29.0 Å². The van der Waals surface area contributed by atoms with Crippen molar-refractivity contribution in [1.29, 1.82) is 0 Å². The van der Waals surface area contributed by atoms with E-state index in [-0.39, 0.29) is 13.1 Å². The van der Waals surface area contributed by atoms with E-state index in [2.05, 4.69) is 5.32 Å². The van der Waals surface area contributed by atoms with Crippen molar-refractivity contribution in [3.63, 3.8) is 0 Å². The van der Waals surface area contributed by atoms with Crippen LogP contribution < -0.4 is 5.32 Å². The van der Waals surface area contributed by atoms with E-state index in [1.165, 1.54) is 33.9 Å². The Balaban J connectivity index is 1.50. The van der Waals surface area contributed by atoms with Gasteiger partial charge in [0.25, 0.3) is 0 Å². The van der Waals surface area contributed by atoms with Crippen molar-refractivity contribution in [1.82, 2.24) is 14.5 Å². The number of sulfonamides is 1. The Bertz CT molecular complexity index is 1160. The van der Waals surface area contributed by atoms with E-state index in [9.17, 15) is 13.2 Å². The minimum absolute atomic E-state index is 0.270. The number of carbonyl (C=O) groups is 1. The van der Waals surface area contributed by atoms with E-state index < -0.39 is 21.4 Å². The van der Waals surface area contributed by atoms with Crippen LogP contribution in [0.2, 0.25) is 0 Å². The van der Waals surface area contributed by atoms with E-state index in [1.54, 1.807) is 27.6 Å². The summed E-state index contributed by atoms with van der Waals surface area (Å²) in [6.45, 7) is 2.92. The van der Waals surface area contributed by atoms with Gasteiger partial charge in [0.2, 0.25) is 10.0 Å². The van der Waals surface area contributed by atoms with Crippen molar-refractivity contribution < 1.29 is 13.2 Å². The van der Waals surface area contributed by atoms with Crippen molar-refractivity contribution in [3.05, 3.63) is 89.6 Å². The summed E-state index contributed by atoms with van der Waals surface area (Å²) in [6, 6.07) is 15.1. The van der Waals surface area contributed by atoms with E-state index in [0.29, 0.717) is 13.1 Å². The minimum Gasteiger partial charge on any atom is -0.320 e. The van der Waals surface area contributed by atoms with E-state index >= 15 is 0 Å². The monoisotopic (exact) mass is 551 g/mol. The van der Waals surface area contributed by atoms with Crippen molar-refractivity contribution in [2.45, 2.75) is 38.5 Å². The number of rotatable bonds is 11. The zero-order chi connectivity index (χ0) is 24.0. The second-order valence-corrected chi connectivity index (χ2v) is 14.0. The molecule has 0 radical (unpaired) electrons. The molecule has 180 valence electrons. The molecule has 1 atom stereocenters. The first kappa shape index (κ1) is 25.1. The average molecular weight is 552 g/mol. The average Bonchev–Trinajstić information content (AvgIpc) is 3.62. The first-order valence-corrected chi connectivity index (χ1v) is 15.6. The van der Waals surface area contributed by atoms with Crippen molar-refractivity contribution >= 4 is 61.4 Å². The van der Waals surface area contributed by atoms with Gasteiger partial charge in [0.05, 0.1) is 13.1 Å². The highest BCUT2D eigenvalue weighted by molar-refractivity contribution is 7.89. The van der Waals surface area contributed by atoms with Crippen LogP contribution in [0.5, 0.6) is 0 Å². The summed E-state index contributed by atoms with van der Waals surface area (Å²) in [5.41, 5.74) is 0. The lowest BCUT2D eigenvalue weighted by atomic mass is 10.4. The maximum Gasteiger partial charge on any atom is 0.319 e. The summed E-state index contributed by atoms with van der Waals surface area (Å²) < 4.78 is 28.6. The first-order valence-electron chi connectivity index (χ1n) is 10.6. The molecule has 4 aromatic heterocycles. The molecular weight excluding hydrogens is 527 g/mol. The SMILES string of the molecule is CC(NC(=O)N(Cc1cccs1)Cc1cccs1)S(=O)(=O)N(Cc1cccs1)Cc1cccs1. The van der Waals surface area contributed by atoms with Gasteiger partial charge in [-0.25, -0.2) is 13.2 Å². The number of carbonyl (C=O) groups excluding carboxylic acids is 1. The molecule has 1 unspecified atom stereocenters. The largest absolute Gasteiger partial charge is 0.320 e. The lowest BCUT2D eigenvalue weighted by Gasteiger charge is -2.28. The zero-order valence-corrected chi connectivity index (χ0v) is 22.6. The van der Waals surface area contributed by atoms with Gasteiger partial charge in [0.15, 0.2) is 0 Å². The van der Waals surface area contributed by atoms with Crippen LogP contribution in [-0.2, 0) is 36.2 Å². The fraction of sp³-hybridized carbons (Fsp3) is 0.261. The third-order valence-electron chi connectivity index (χ3n) is 5.10. The summed E-state index contributed by atoms with van der Waals surface area (Å²) in [7, 11) is -3.81. The van der Waals surface area contributed by atoms with Crippen LogP contribution in [0.1, 0.15) is 26.4 Å². The minimum atomic E-state index is -3.81. The van der Waals surface area contributed by atoms with Crippen molar-refractivity contribution in [3.8, 4) is 0 Å². The topological polar surface area (TPSA) is 69.7 Å². The Kier molecular flexibility index (Phi) is 8.56. The Morgan fingerprint density at radius 2 is 1.15 bits per heavy atom. The number of thiophene rings is 4. The van der Waals surface area contributed by atoms with Gasteiger partial charge in [-0.1, -0.05) is 24.3 Å². The molecule has 34 heavy (non-hydrogen) atoms.